The van der Waals surface area contributed by atoms with E-state index in [9.17, 15) is 24.6 Å². The zero-order valence-electron chi connectivity index (χ0n) is 31.9. The third-order valence-electron chi connectivity index (χ3n) is 15.8. The van der Waals surface area contributed by atoms with Crippen LogP contribution in [0, 0.1) is 62.1 Å². The van der Waals surface area contributed by atoms with Crippen LogP contribution in [0.2, 0.25) is 0 Å². The minimum atomic E-state index is -0.893. The third kappa shape index (κ3) is 5.78. The number of fused-ring (bicyclic) bond motifs is 7. The Hall–Kier alpha value is -1.89. The topological polar surface area (TPSA) is 113 Å². The highest BCUT2D eigenvalue weighted by Crippen LogP contribution is 2.77. The number of esters is 1. The number of nitrogens with one attached hydrogen (secondary N) is 1. The number of aliphatic carboxylic acids is 1. The van der Waals surface area contributed by atoms with E-state index in [2.05, 4.69) is 53.4 Å². The Kier molecular flexibility index (Phi) is 9.43. The Labute approximate surface area is 290 Å². The summed E-state index contributed by atoms with van der Waals surface area (Å²) in [5, 5.41) is 22.6. The fourth-order valence-corrected chi connectivity index (χ4v) is 13.3. The lowest BCUT2D eigenvalue weighted by molar-refractivity contribution is -0.249. The molecule has 7 heteroatoms. The zero-order chi connectivity index (χ0) is 35.9. The zero-order valence-corrected chi connectivity index (χ0v) is 31.9. The van der Waals surface area contributed by atoms with E-state index in [1.807, 2.05) is 27.7 Å². The second-order valence-electron chi connectivity index (χ2n) is 20.1. The molecule has 272 valence electrons. The number of hydrogen-bond donors (Lipinski definition) is 3. The molecule has 0 aromatic heterocycles. The molecule has 48 heavy (non-hydrogen) atoms. The minimum Gasteiger partial charge on any atom is -0.481 e. The summed E-state index contributed by atoms with van der Waals surface area (Å²) < 4.78 is 6.25. The van der Waals surface area contributed by atoms with Crippen molar-refractivity contribution in [2.75, 3.05) is 6.61 Å². The van der Waals surface area contributed by atoms with Gasteiger partial charge in [-0.25, -0.2) is 0 Å². The van der Waals surface area contributed by atoms with Gasteiger partial charge in [0.2, 0.25) is 5.91 Å². The van der Waals surface area contributed by atoms with Crippen molar-refractivity contribution in [2.45, 2.75) is 158 Å². The van der Waals surface area contributed by atoms with Crippen molar-refractivity contribution in [3.63, 3.8) is 0 Å². The number of hydrogen-bond acceptors (Lipinski definition) is 5. The molecule has 0 aliphatic heterocycles. The molecule has 0 saturated heterocycles. The molecule has 5 saturated carbocycles. The maximum absolute atomic E-state index is 14.3. The van der Waals surface area contributed by atoms with Crippen LogP contribution in [-0.4, -0.2) is 46.3 Å². The molecule has 0 radical (unpaired) electrons. The number of carboxylic acid groups (broad SMARTS) is 1. The number of rotatable bonds is 9. The van der Waals surface area contributed by atoms with Gasteiger partial charge in [-0.1, -0.05) is 60.6 Å². The molecule has 10 atom stereocenters. The predicted octanol–water partition coefficient (Wildman–Crippen LogP) is 8.33. The van der Waals surface area contributed by atoms with Crippen LogP contribution in [0.15, 0.2) is 12.2 Å². The quantitative estimate of drug-likeness (QED) is 0.168. The maximum Gasteiger partial charge on any atom is 0.306 e. The molecule has 5 rings (SSSR count). The highest BCUT2D eigenvalue weighted by atomic mass is 16.5. The van der Waals surface area contributed by atoms with Crippen LogP contribution in [0.3, 0.4) is 0 Å². The average molecular weight is 670 g/mol. The van der Waals surface area contributed by atoms with Gasteiger partial charge in [-0.3, -0.25) is 14.4 Å². The van der Waals surface area contributed by atoms with Crippen LogP contribution >= 0.6 is 0 Å². The van der Waals surface area contributed by atoms with Gasteiger partial charge in [-0.2, -0.15) is 0 Å². The van der Waals surface area contributed by atoms with Crippen molar-refractivity contribution >= 4 is 17.8 Å². The van der Waals surface area contributed by atoms with Crippen molar-refractivity contribution in [2.24, 2.45) is 62.1 Å². The van der Waals surface area contributed by atoms with E-state index < -0.39 is 22.3 Å². The van der Waals surface area contributed by atoms with Crippen LogP contribution in [-0.2, 0) is 19.1 Å². The molecule has 0 unspecified atom stereocenters. The Morgan fingerprint density at radius 1 is 0.833 bits per heavy atom. The van der Waals surface area contributed by atoms with Crippen molar-refractivity contribution in [3.8, 4) is 0 Å². The fraction of sp³-hybridized carbons (Fsp3) is 0.878. The van der Waals surface area contributed by atoms with Gasteiger partial charge in [0.05, 0.1) is 30.4 Å². The second kappa shape index (κ2) is 12.1. The molecule has 5 aliphatic rings. The monoisotopic (exact) mass is 669 g/mol. The van der Waals surface area contributed by atoms with Gasteiger partial charge >= 0.3 is 11.9 Å². The summed E-state index contributed by atoms with van der Waals surface area (Å²) in [5.74, 6) is 0.992. The summed E-state index contributed by atoms with van der Waals surface area (Å²) in [7, 11) is 0. The standard InChI is InChI=1S/C41H67NO6/c1-25(2)26-14-19-41(34(47)42-36(5,6)24-43)21-20-39(10)27(33(26)41)12-13-29-38(9)17-16-30(37(7,8)28(38)15-18-40(29,39)11)48-32(46)23-35(3,4)22-31(44)45/h26-30,33,43H,1,12-24H2,2-11H3,(H,42,47)(H,44,45)/t26-,27+,28-,29+,30-,33+,38-,39+,40+,41-/m0/s1. The van der Waals surface area contributed by atoms with Crippen molar-refractivity contribution in [3.05, 3.63) is 12.2 Å². The summed E-state index contributed by atoms with van der Waals surface area (Å²) >= 11 is 0. The SMILES string of the molecule is C=C(C)[C@@H]1CC[C@]2(C(=O)NC(C)(C)CO)CC[C@]3(C)[C@H](CC[C@@H]4[C@@]5(C)CC[C@H](OC(=O)CC(C)(C)CC(=O)O)C(C)(C)[C@@H]5CC[C@]43C)[C@@H]12. The van der Waals surface area contributed by atoms with Crippen LogP contribution in [0.1, 0.15) is 146 Å². The maximum atomic E-state index is 14.3. The molecule has 3 N–H and O–H groups in total. The molecule has 0 aromatic rings. The molecule has 0 heterocycles. The van der Waals surface area contributed by atoms with Gasteiger partial charge in [-0.05, 0) is 136 Å². The van der Waals surface area contributed by atoms with E-state index in [-0.39, 0.29) is 65.0 Å². The van der Waals surface area contributed by atoms with Gasteiger partial charge in [0.15, 0.2) is 0 Å². The van der Waals surface area contributed by atoms with E-state index >= 15 is 0 Å². The number of carbonyl (C=O) groups is 3. The molecule has 5 aliphatic carbocycles. The summed E-state index contributed by atoms with van der Waals surface area (Å²) in [6.45, 7) is 26.4. The average Bonchev–Trinajstić information content (AvgIpc) is 3.35. The Morgan fingerprint density at radius 3 is 2.10 bits per heavy atom. The third-order valence-corrected chi connectivity index (χ3v) is 15.8. The highest BCUT2D eigenvalue weighted by Gasteiger charge is 2.72. The lowest BCUT2D eigenvalue weighted by atomic mass is 9.32. The summed E-state index contributed by atoms with van der Waals surface area (Å²) in [4.78, 5) is 38.9. The molecule has 0 bridgehead atoms. The summed E-state index contributed by atoms with van der Waals surface area (Å²) in [5.41, 5.74) is -0.318. The number of ether oxygens (including phenoxy) is 1. The van der Waals surface area contributed by atoms with E-state index in [1.54, 1.807) is 0 Å². The van der Waals surface area contributed by atoms with E-state index in [4.69, 9.17) is 4.74 Å². The first-order chi connectivity index (χ1) is 22.0. The highest BCUT2D eigenvalue weighted by molar-refractivity contribution is 5.84. The molecule has 7 nitrogen and oxygen atoms in total. The Morgan fingerprint density at radius 2 is 1.50 bits per heavy atom. The van der Waals surface area contributed by atoms with Gasteiger partial charge in [0.1, 0.15) is 6.10 Å². The van der Waals surface area contributed by atoms with Crippen molar-refractivity contribution < 1.29 is 29.3 Å². The van der Waals surface area contributed by atoms with Crippen LogP contribution in [0.25, 0.3) is 0 Å². The van der Waals surface area contributed by atoms with Gasteiger partial charge < -0.3 is 20.3 Å². The first-order valence-electron chi connectivity index (χ1n) is 19.0. The molecular weight excluding hydrogens is 602 g/mol. The Balaban J connectivity index is 1.41. The molecule has 5 fully saturated rings. The van der Waals surface area contributed by atoms with Crippen LogP contribution in [0.4, 0.5) is 0 Å². The lowest BCUT2D eigenvalue weighted by Gasteiger charge is -2.73. The van der Waals surface area contributed by atoms with Crippen molar-refractivity contribution in [1.82, 2.24) is 5.32 Å². The molecule has 0 spiro atoms. The Bertz CT molecular complexity index is 1320. The van der Waals surface area contributed by atoms with Gasteiger partial charge in [0, 0.05) is 5.41 Å². The fourth-order valence-electron chi connectivity index (χ4n) is 13.3. The summed E-state index contributed by atoms with van der Waals surface area (Å²) in [6, 6.07) is 0. The van der Waals surface area contributed by atoms with E-state index in [0.29, 0.717) is 23.7 Å². The second-order valence-corrected chi connectivity index (χ2v) is 20.1. The van der Waals surface area contributed by atoms with Crippen LogP contribution < -0.4 is 5.32 Å². The summed E-state index contributed by atoms with van der Waals surface area (Å²) in [6.07, 6.45) is 10.1. The van der Waals surface area contributed by atoms with Gasteiger partial charge in [0.25, 0.3) is 0 Å². The van der Waals surface area contributed by atoms with E-state index in [1.165, 1.54) is 5.57 Å². The first kappa shape index (κ1) is 37.4. The minimum absolute atomic E-state index is 0.0582. The van der Waals surface area contributed by atoms with E-state index in [0.717, 1.165) is 64.2 Å². The predicted molar refractivity (Wildman–Crippen MR) is 189 cm³/mol. The number of aliphatic hydroxyl groups is 1. The number of carbonyl (C=O) groups excluding carboxylic acids is 2. The smallest absolute Gasteiger partial charge is 0.306 e. The molecular formula is C41H67NO6. The molecule has 1 amide bonds. The lowest BCUT2D eigenvalue weighted by Crippen LogP contribution is -2.68. The number of carboxylic acids is 1. The van der Waals surface area contributed by atoms with Crippen LogP contribution in [0.5, 0.6) is 0 Å². The van der Waals surface area contributed by atoms with Crippen molar-refractivity contribution in [1.29, 1.82) is 0 Å². The molecule has 0 aromatic carbocycles. The number of amides is 1. The normalized spacial score (nSPS) is 42.0. The van der Waals surface area contributed by atoms with Gasteiger partial charge in [-0.15, -0.1) is 0 Å². The first-order valence-corrected chi connectivity index (χ1v) is 19.0. The largest absolute Gasteiger partial charge is 0.481 e. The number of aliphatic hydroxyl groups excluding tert-OH is 1. The number of allylic oxidation sites excluding steroid dienone is 1.